The normalized spacial score (nSPS) is 14.2. The number of aryl methyl sites for hydroxylation is 1. The average Bonchev–Trinajstić information content (AvgIpc) is 2.60. The summed E-state index contributed by atoms with van der Waals surface area (Å²) in [6, 6.07) is -0.694. The van der Waals surface area contributed by atoms with Crippen molar-refractivity contribution in [2.45, 2.75) is 25.2 Å². The van der Waals surface area contributed by atoms with E-state index in [1.165, 1.54) is 17.1 Å². The molecule has 15 heavy (non-hydrogen) atoms. The summed E-state index contributed by atoms with van der Waals surface area (Å²) in [5, 5.41) is 8.77. The van der Waals surface area contributed by atoms with Crippen molar-refractivity contribution in [3.8, 4) is 0 Å². The molecular formula is C8H12F3N3O. The molecule has 3 N–H and O–H groups in total. The predicted octanol–water partition coefficient (Wildman–Crippen LogP) is 0.828. The third kappa shape index (κ3) is 3.52. The number of hydrogen-bond donors (Lipinski definition) is 2. The zero-order chi connectivity index (χ0) is 11.5. The van der Waals surface area contributed by atoms with Gasteiger partial charge in [-0.05, 0) is 0 Å². The highest BCUT2D eigenvalue weighted by Gasteiger charge is 2.27. The lowest BCUT2D eigenvalue weighted by molar-refractivity contribution is -0.136. The average molecular weight is 223 g/mol. The molecule has 0 radical (unpaired) electrons. The van der Waals surface area contributed by atoms with Gasteiger partial charge in [-0.2, -0.15) is 13.2 Å². The quantitative estimate of drug-likeness (QED) is 0.794. The Kier molecular flexibility index (Phi) is 3.70. The van der Waals surface area contributed by atoms with Gasteiger partial charge in [0.1, 0.15) is 0 Å². The number of imidazole rings is 1. The summed E-state index contributed by atoms with van der Waals surface area (Å²) in [4.78, 5) is 3.70. The molecule has 0 saturated heterocycles. The van der Waals surface area contributed by atoms with Crippen molar-refractivity contribution < 1.29 is 18.3 Å². The zero-order valence-electron chi connectivity index (χ0n) is 7.91. The number of nitrogens with two attached hydrogens (primary N) is 1. The Balaban J connectivity index is 2.65. The van der Waals surface area contributed by atoms with Gasteiger partial charge in [0.15, 0.2) is 0 Å². The van der Waals surface area contributed by atoms with Crippen molar-refractivity contribution >= 4 is 0 Å². The molecule has 0 aliphatic carbocycles. The Morgan fingerprint density at radius 2 is 2.20 bits per heavy atom. The third-order valence-corrected chi connectivity index (χ3v) is 1.96. The fraction of sp³-hybridized carbons (Fsp3) is 0.625. The monoisotopic (exact) mass is 223 g/mol. The van der Waals surface area contributed by atoms with E-state index in [2.05, 4.69) is 4.98 Å². The molecule has 1 aromatic heterocycles. The van der Waals surface area contributed by atoms with Crippen LogP contribution in [0.25, 0.3) is 0 Å². The van der Waals surface area contributed by atoms with E-state index in [1.807, 2.05) is 0 Å². The maximum Gasteiger partial charge on any atom is 0.390 e. The topological polar surface area (TPSA) is 64.1 Å². The van der Waals surface area contributed by atoms with E-state index >= 15 is 0 Å². The van der Waals surface area contributed by atoms with E-state index in [1.54, 1.807) is 0 Å². The number of aromatic nitrogens is 2. The molecule has 0 bridgehead atoms. The molecule has 1 heterocycles. The van der Waals surface area contributed by atoms with Gasteiger partial charge in [0, 0.05) is 12.7 Å². The Labute approximate surface area is 84.5 Å². The summed E-state index contributed by atoms with van der Waals surface area (Å²) >= 11 is 0. The molecule has 0 fully saturated rings. The summed E-state index contributed by atoms with van der Waals surface area (Å²) in [5.41, 5.74) is 5.89. The molecule has 1 aromatic rings. The van der Waals surface area contributed by atoms with Crippen LogP contribution in [0, 0.1) is 0 Å². The lowest BCUT2D eigenvalue weighted by atomic mass is 10.2. The molecule has 1 rings (SSSR count). The number of aliphatic hydroxyl groups excluding tert-OH is 1. The minimum Gasteiger partial charge on any atom is -0.394 e. The van der Waals surface area contributed by atoms with Crippen LogP contribution < -0.4 is 5.73 Å². The van der Waals surface area contributed by atoms with Crippen LogP contribution in [0.2, 0.25) is 0 Å². The lowest BCUT2D eigenvalue weighted by Crippen LogP contribution is -2.20. The Morgan fingerprint density at radius 3 is 2.73 bits per heavy atom. The molecule has 0 amide bonds. The predicted molar refractivity (Wildman–Crippen MR) is 46.9 cm³/mol. The second-order valence-electron chi connectivity index (χ2n) is 3.17. The SMILES string of the molecule is NC(CO)c1cncn1CCC(F)(F)F. The number of alkyl halides is 3. The van der Waals surface area contributed by atoms with Crippen molar-refractivity contribution in [2.75, 3.05) is 6.61 Å². The maximum absolute atomic E-state index is 11.9. The molecule has 0 spiro atoms. The number of nitrogens with zero attached hydrogens (tertiary/aromatic N) is 2. The van der Waals surface area contributed by atoms with E-state index in [9.17, 15) is 13.2 Å². The fourth-order valence-corrected chi connectivity index (χ4v) is 1.17. The van der Waals surface area contributed by atoms with Crippen LogP contribution in [0.4, 0.5) is 13.2 Å². The Morgan fingerprint density at radius 1 is 1.53 bits per heavy atom. The highest BCUT2D eigenvalue weighted by atomic mass is 19.4. The van der Waals surface area contributed by atoms with E-state index in [0.29, 0.717) is 5.69 Å². The van der Waals surface area contributed by atoms with Gasteiger partial charge in [0.05, 0.1) is 31.1 Å². The van der Waals surface area contributed by atoms with Gasteiger partial charge in [-0.25, -0.2) is 4.98 Å². The number of hydrogen-bond acceptors (Lipinski definition) is 3. The molecule has 0 aromatic carbocycles. The van der Waals surface area contributed by atoms with Crippen LogP contribution in [0.5, 0.6) is 0 Å². The Bertz CT molecular complexity index is 310. The summed E-state index contributed by atoms with van der Waals surface area (Å²) in [6.45, 7) is -0.551. The van der Waals surface area contributed by atoms with E-state index in [-0.39, 0.29) is 13.2 Å². The molecule has 86 valence electrons. The first-order valence-corrected chi connectivity index (χ1v) is 4.37. The first kappa shape index (κ1) is 12.0. The summed E-state index contributed by atoms with van der Waals surface area (Å²) in [7, 11) is 0. The number of aliphatic hydroxyl groups is 1. The Hall–Kier alpha value is -1.08. The van der Waals surface area contributed by atoms with Gasteiger partial charge in [0.25, 0.3) is 0 Å². The first-order valence-electron chi connectivity index (χ1n) is 4.37. The second kappa shape index (κ2) is 4.63. The smallest absolute Gasteiger partial charge is 0.390 e. The molecule has 1 unspecified atom stereocenters. The van der Waals surface area contributed by atoms with Crippen molar-refractivity contribution in [1.29, 1.82) is 0 Å². The molecule has 0 aliphatic rings. The summed E-state index contributed by atoms with van der Waals surface area (Å²) < 4.78 is 37.1. The molecular weight excluding hydrogens is 211 g/mol. The maximum atomic E-state index is 11.9. The van der Waals surface area contributed by atoms with Crippen molar-refractivity contribution in [1.82, 2.24) is 9.55 Å². The molecule has 1 atom stereocenters. The molecule has 4 nitrogen and oxygen atoms in total. The van der Waals surface area contributed by atoms with Crippen LogP contribution in [0.15, 0.2) is 12.5 Å². The van der Waals surface area contributed by atoms with Gasteiger partial charge in [-0.15, -0.1) is 0 Å². The standard InChI is InChI=1S/C8H12F3N3O/c9-8(10,11)1-2-14-5-13-3-7(14)6(12)4-15/h3,5-6,15H,1-2,4,12H2. The van der Waals surface area contributed by atoms with Crippen molar-refractivity contribution in [2.24, 2.45) is 5.73 Å². The fourth-order valence-electron chi connectivity index (χ4n) is 1.17. The first-order chi connectivity index (χ1) is 6.94. The van der Waals surface area contributed by atoms with E-state index in [4.69, 9.17) is 10.8 Å². The molecule has 0 saturated carbocycles. The summed E-state index contributed by atoms with van der Waals surface area (Å²) in [6.07, 6.45) is -2.51. The van der Waals surface area contributed by atoms with E-state index in [0.717, 1.165) is 0 Å². The van der Waals surface area contributed by atoms with Crippen LogP contribution >= 0.6 is 0 Å². The highest BCUT2D eigenvalue weighted by molar-refractivity contribution is 5.04. The van der Waals surface area contributed by atoms with Gasteiger partial charge in [-0.1, -0.05) is 0 Å². The lowest BCUT2D eigenvalue weighted by Gasteiger charge is -2.13. The van der Waals surface area contributed by atoms with Crippen molar-refractivity contribution in [3.63, 3.8) is 0 Å². The van der Waals surface area contributed by atoms with Gasteiger partial charge in [0.2, 0.25) is 0 Å². The van der Waals surface area contributed by atoms with Crippen LogP contribution in [0.1, 0.15) is 18.2 Å². The van der Waals surface area contributed by atoms with Crippen molar-refractivity contribution in [3.05, 3.63) is 18.2 Å². The van der Waals surface area contributed by atoms with Gasteiger partial charge < -0.3 is 15.4 Å². The second-order valence-corrected chi connectivity index (χ2v) is 3.17. The zero-order valence-corrected chi connectivity index (χ0v) is 7.91. The third-order valence-electron chi connectivity index (χ3n) is 1.96. The highest BCUT2D eigenvalue weighted by Crippen LogP contribution is 2.21. The number of rotatable bonds is 4. The summed E-state index contributed by atoms with van der Waals surface area (Å²) in [5.74, 6) is 0. The minimum absolute atomic E-state index is 0.230. The van der Waals surface area contributed by atoms with Gasteiger partial charge in [-0.3, -0.25) is 0 Å². The molecule has 7 heteroatoms. The van der Waals surface area contributed by atoms with Crippen LogP contribution in [-0.4, -0.2) is 27.4 Å². The largest absolute Gasteiger partial charge is 0.394 e. The van der Waals surface area contributed by atoms with Crippen LogP contribution in [0.3, 0.4) is 0 Å². The number of halogens is 3. The molecule has 0 aliphatic heterocycles. The van der Waals surface area contributed by atoms with Crippen LogP contribution in [-0.2, 0) is 6.54 Å². The van der Waals surface area contributed by atoms with Gasteiger partial charge >= 0.3 is 6.18 Å². The van der Waals surface area contributed by atoms with E-state index < -0.39 is 18.6 Å². The minimum atomic E-state index is -4.20.